The zero-order valence-corrected chi connectivity index (χ0v) is 13.2. The fourth-order valence-electron chi connectivity index (χ4n) is 2.25. The van der Waals surface area contributed by atoms with E-state index in [2.05, 4.69) is 23.7 Å². The first-order valence-corrected chi connectivity index (χ1v) is 7.97. The Morgan fingerprint density at radius 3 is 3.10 bits per heavy atom. The lowest BCUT2D eigenvalue weighted by Crippen LogP contribution is -2.44. The van der Waals surface area contributed by atoms with Crippen LogP contribution < -0.4 is 4.74 Å². The van der Waals surface area contributed by atoms with E-state index in [4.69, 9.17) is 21.1 Å². The summed E-state index contributed by atoms with van der Waals surface area (Å²) >= 11 is 5.64. The predicted molar refractivity (Wildman–Crippen MR) is 86.0 cm³/mol. The molecule has 1 aliphatic rings. The minimum Gasteiger partial charge on any atom is -0.490 e. The third-order valence-electron chi connectivity index (χ3n) is 3.42. The molecule has 21 heavy (non-hydrogen) atoms. The maximum absolute atomic E-state index is 5.91. The van der Waals surface area contributed by atoms with Gasteiger partial charge in [-0.1, -0.05) is 30.9 Å². The molecule has 1 aromatic carbocycles. The van der Waals surface area contributed by atoms with Crippen molar-refractivity contribution < 1.29 is 9.47 Å². The Kier molecular flexibility index (Phi) is 6.88. The smallest absolute Gasteiger partial charge is 0.135 e. The summed E-state index contributed by atoms with van der Waals surface area (Å²) in [7, 11) is 0. The number of halogens is 1. The Balaban J connectivity index is 1.92. The van der Waals surface area contributed by atoms with Gasteiger partial charge in [0.1, 0.15) is 18.5 Å². The first-order chi connectivity index (χ1) is 10.3. The molecule has 1 heterocycles. The number of rotatable bonds is 5. The number of alkyl halides is 1. The van der Waals surface area contributed by atoms with Gasteiger partial charge in [0, 0.05) is 25.4 Å². The molecule has 114 valence electrons. The fraction of sp³-hybridized carbons (Fsp3) is 0.529. The highest BCUT2D eigenvalue weighted by Gasteiger charge is 2.20. The van der Waals surface area contributed by atoms with E-state index in [-0.39, 0.29) is 6.10 Å². The number of para-hydroxylation sites is 1. The van der Waals surface area contributed by atoms with E-state index in [1.54, 1.807) is 0 Å². The van der Waals surface area contributed by atoms with Crippen LogP contribution in [0.4, 0.5) is 0 Å². The molecule has 1 aliphatic heterocycles. The molecule has 1 saturated heterocycles. The van der Waals surface area contributed by atoms with E-state index in [1.807, 2.05) is 24.3 Å². The summed E-state index contributed by atoms with van der Waals surface area (Å²) < 4.78 is 11.7. The number of hydrogen-bond acceptors (Lipinski definition) is 3. The molecule has 0 N–H and O–H groups in total. The number of nitrogens with zero attached hydrogens (tertiary/aromatic N) is 1. The van der Waals surface area contributed by atoms with E-state index in [9.17, 15) is 0 Å². The topological polar surface area (TPSA) is 21.7 Å². The summed E-state index contributed by atoms with van der Waals surface area (Å²) in [5.41, 5.74) is 0.908. The van der Waals surface area contributed by atoms with Gasteiger partial charge in [0.2, 0.25) is 0 Å². The maximum atomic E-state index is 5.91. The van der Waals surface area contributed by atoms with Gasteiger partial charge in [-0.2, -0.15) is 0 Å². The molecule has 2 rings (SSSR count). The van der Waals surface area contributed by atoms with Crippen LogP contribution in [0.15, 0.2) is 24.3 Å². The highest BCUT2D eigenvalue weighted by molar-refractivity contribution is 6.18. The molecule has 1 atom stereocenters. The maximum Gasteiger partial charge on any atom is 0.135 e. The van der Waals surface area contributed by atoms with E-state index < -0.39 is 0 Å². The molecule has 1 unspecified atom stereocenters. The molecule has 3 nitrogen and oxygen atoms in total. The molecule has 1 aromatic rings. The highest BCUT2D eigenvalue weighted by Crippen LogP contribution is 2.18. The van der Waals surface area contributed by atoms with Gasteiger partial charge in [0.05, 0.1) is 12.2 Å². The number of morpholine rings is 1. The Hall–Kier alpha value is -1.21. The second-order valence-electron chi connectivity index (χ2n) is 4.93. The van der Waals surface area contributed by atoms with Crippen molar-refractivity contribution in [1.82, 2.24) is 4.90 Å². The summed E-state index contributed by atoms with van der Waals surface area (Å²) in [6.07, 6.45) is 0.815. The Bertz CT molecular complexity index is 495. The molecule has 1 fully saturated rings. The Labute approximate surface area is 132 Å². The fourth-order valence-corrected chi connectivity index (χ4v) is 2.35. The van der Waals surface area contributed by atoms with Crippen molar-refractivity contribution in [3.05, 3.63) is 29.8 Å². The van der Waals surface area contributed by atoms with Gasteiger partial charge in [0.25, 0.3) is 0 Å². The number of ether oxygens (including phenoxy) is 2. The van der Waals surface area contributed by atoms with Crippen molar-refractivity contribution in [2.24, 2.45) is 0 Å². The lowest BCUT2D eigenvalue weighted by molar-refractivity contribution is -0.0464. The molecule has 0 saturated carbocycles. The third-order valence-corrected chi connectivity index (χ3v) is 3.61. The highest BCUT2D eigenvalue weighted by atomic mass is 35.5. The number of hydrogen-bond donors (Lipinski definition) is 0. The molecule has 0 radical (unpaired) electrons. The van der Waals surface area contributed by atoms with Gasteiger partial charge in [-0.25, -0.2) is 0 Å². The third kappa shape index (κ3) is 5.24. The van der Waals surface area contributed by atoms with E-state index in [1.165, 1.54) is 0 Å². The monoisotopic (exact) mass is 307 g/mol. The Morgan fingerprint density at radius 2 is 2.29 bits per heavy atom. The number of likely N-dealkylation sites (N-methyl/N-ethyl adjacent to an activating group) is 1. The van der Waals surface area contributed by atoms with Crippen molar-refractivity contribution in [2.75, 3.05) is 38.7 Å². The Morgan fingerprint density at radius 1 is 1.43 bits per heavy atom. The molecular weight excluding hydrogens is 286 g/mol. The lowest BCUT2D eigenvalue weighted by Gasteiger charge is -2.31. The SMILES string of the molecule is CCN1CCOC(COc2ccccc2C#CCCCl)C1. The minimum absolute atomic E-state index is 0.127. The van der Waals surface area contributed by atoms with Gasteiger partial charge >= 0.3 is 0 Å². The first kappa shape index (κ1) is 16.2. The van der Waals surface area contributed by atoms with Crippen LogP contribution >= 0.6 is 11.6 Å². The summed E-state index contributed by atoms with van der Waals surface area (Å²) in [5, 5.41) is 0. The average Bonchev–Trinajstić information content (AvgIpc) is 2.54. The van der Waals surface area contributed by atoms with Crippen molar-refractivity contribution in [3.63, 3.8) is 0 Å². The average molecular weight is 308 g/mol. The van der Waals surface area contributed by atoms with Crippen LogP contribution in [0, 0.1) is 11.8 Å². The van der Waals surface area contributed by atoms with Gasteiger partial charge in [-0.05, 0) is 18.7 Å². The van der Waals surface area contributed by atoms with Gasteiger partial charge in [-0.3, -0.25) is 4.90 Å². The minimum atomic E-state index is 0.127. The van der Waals surface area contributed by atoms with Gasteiger partial charge in [-0.15, -0.1) is 11.6 Å². The molecule has 4 heteroatoms. The molecule has 0 amide bonds. The summed E-state index contributed by atoms with van der Waals surface area (Å²) in [6.45, 7) is 6.50. The summed E-state index contributed by atoms with van der Waals surface area (Å²) in [6, 6.07) is 7.84. The lowest BCUT2D eigenvalue weighted by atomic mass is 10.2. The van der Waals surface area contributed by atoms with Crippen LogP contribution in [0.5, 0.6) is 5.75 Å². The van der Waals surface area contributed by atoms with Crippen LogP contribution in [0.1, 0.15) is 18.9 Å². The van der Waals surface area contributed by atoms with Gasteiger partial charge in [0.15, 0.2) is 0 Å². The zero-order valence-electron chi connectivity index (χ0n) is 12.5. The molecule has 0 aliphatic carbocycles. The molecule has 0 aromatic heterocycles. The second-order valence-corrected chi connectivity index (χ2v) is 5.31. The molecular formula is C17H22ClNO2. The summed E-state index contributed by atoms with van der Waals surface area (Å²) in [5.74, 6) is 7.53. The molecule has 0 spiro atoms. The second kappa shape index (κ2) is 8.94. The molecule has 0 bridgehead atoms. The van der Waals surface area contributed by atoms with Crippen LogP contribution in [-0.2, 0) is 4.74 Å². The van der Waals surface area contributed by atoms with Crippen LogP contribution in [0.3, 0.4) is 0 Å². The zero-order chi connectivity index (χ0) is 14.9. The van der Waals surface area contributed by atoms with Gasteiger partial charge < -0.3 is 9.47 Å². The first-order valence-electron chi connectivity index (χ1n) is 7.44. The van der Waals surface area contributed by atoms with Crippen LogP contribution in [-0.4, -0.2) is 49.7 Å². The van der Waals surface area contributed by atoms with E-state index in [0.29, 0.717) is 18.9 Å². The quantitative estimate of drug-likeness (QED) is 0.617. The van der Waals surface area contributed by atoms with Crippen molar-refractivity contribution >= 4 is 11.6 Å². The van der Waals surface area contributed by atoms with Crippen molar-refractivity contribution in [1.29, 1.82) is 0 Å². The van der Waals surface area contributed by atoms with Crippen LogP contribution in [0.2, 0.25) is 0 Å². The van der Waals surface area contributed by atoms with Crippen molar-refractivity contribution in [2.45, 2.75) is 19.4 Å². The normalized spacial score (nSPS) is 18.9. The predicted octanol–water partition coefficient (Wildman–Crippen LogP) is 2.77. The standard InChI is InChI=1S/C17H22ClNO2/c1-2-19-11-12-20-16(13-19)14-21-17-9-4-3-7-15(17)8-5-6-10-18/h3-4,7,9,16H,2,6,10-14H2,1H3. The van der Waals surface area contributed by atoms with Crippen molar-refractivity contribution in [3.8, 4) is 17.6 Å². The van der Waals surface area contributed by atoms with E-state index >= 15 is 0 Å². The van der Waals surface area contributed by atoms with Crippen LogP contribution in [0.25, 0.3) is 0 Å². The number of benzene rings is 1. The summed E-state index contributed by atoms with van der Waals surface area (Å²) in [4.78, 5) is 2.38. The largest absolute Gasteiger partial charge is 0.490 e. The van der Waals surface area contributed by atoms with E-state index in [0.717, 1.165) is 37.6 Å².